The molecule has 0 atom stereocenters. The van der Waals surface area contributed by atoms with Crippen LogP contribution in [-0.4, -0.2) is 78.8 Å². The summed E-state index contributed by atoms with van der Waals surface area (Å²) in [6.07, 6.45) is 8.64. The van der Waals surface area contributed by atoms with Gasteiger partial charge in [0, 0.05) is 52.5 Å². The van der Waals surface area contributed by atoms with Gasteiger partial charge in [-0.1, -0.05) is 5.92 Å². The highest BCUT2D eigenvalue weighted by Gasteiger charge is 2.31. The van der Waals surface area contributed by atoms with Crippen LogP contribution in [0.4, 0.5) is 0 Å². The summed E-state index contributed by atoms with van der Waals surface area (Å²) >= 11 is 0. The van der Waals surface area contributed by atoms with Crippen molar-refractivity contribution in [1.82, 2.24) is 18.7 Å². The number of terminal acetylenes is 1. The van der Waals surface area contributed by atoms with Crippen molar-refractivity contribution in [3.63, 3.8) is 0 Å². The molecule has 1 aromatic heterocycles. The largest absolute Gasteiger partial charge is 0.345 e. The van der Waals surface area contributed by atoms with Crippen LogP contribution >= 0.6 is 0 Å². The molecule has 0 unspecified atom stereocenters. The van der Waals surface area contributed by atoms with E-state index in [-0.39, 0.29) is 10.8 Å². The molecule has 0 saturated carbocycles. The summed E-state index contributed by atoms with van der Waals surface area (Å²) in [6, 6.07) is 1.50. The number of nitrogens with zero attached hydrogens (tertiary/aromatic N) is 4. The predicted molar refractivity (Wildman–Crippen MR) is 94.6 cm³/mol. The fourth-order valence-electron chi connectivity index (χ4n) is 3.37. The number of aromatic nitrogens is 1. The molecule has 0 radical (unpaired) electrons. The average molecular weight is 364 g/mol. The lowest BCUT2D eigenvalue weighted by atomic mass is 10.2. The lowest BCUT2D eigenvalue weighted by molar-refractivity contribution is 0.0642. The highest BCUT2D eigenvalue weighted by Crippen LogP contribution is 2.23. The Kier molecular flexibility index (Phi) is 5.18. The number of amides is 1. The lowest BCUT2D eigenvalue weighted by Crippen LogP contribution is -2.49. The van der Waals surface area contributed by atoms with Gasteiger partial charge in [-0.15, -0.1) is 6.42 Å². The number of piperazine rings is 1. The molecule has 2 aliphatic rings. The third-order valence-electron chi connectivity index (χ3n) is 4.88. The van der Waals surface area contributed by atoms with Crippen molar-refractivity contribution in [3.8, 4) is 12.3 Å². The van der Waals surface area contributed by atoms with E-state index in [9.17, 15) is 13.2 Å². The minimum atomic E-state index is -3.51. The van der Waals surface area contributed by atoms with Crippen LogP contribution in [0.1, 0.15) is 23.3 Å². The maximum Gasteiger partial charge on any atom is 0.270 e. The summed E-state index contributed by atoms with van der Waals surface area (Å²) in [7, 11) is -1.80. The molecule has 3 heterocycles. The number of aryl methyl sites for hydroxylation is 1. The van der Waals surface area contributed by atoms with Gasteiger partial charge in [-0.25, -0.2) is 8.42 Å². The molecular formula is C17H24N4O3S. The SMILES string of the molecule is C#CCN1CCN(C(=O)c2cc(S(=O)(=O)N3CCCC3)cn2C)CC1. The Morgan fingerprint density at radius 3 is 2.40 bits per heavy atom. The summed E-state index contributed by atoms with van der Waals surface area (Å²) in [6.45, 7) is 4.36. The molecule has 8 heteroatoms. The van der Waals surface area contributed by atoms with Gasteiger partial charge < -0.3 is 9.47 Å². The Bertz CT molecular complexity index is 779. The molecule has 0 aliphatic carbocycles. The Labute approximate surface area is 149 Å². The highest BCUT2D eigenvalue weighted by atomic mass is 32.2. The highest BCUT2D eigenvalue weighted by molar-refractivity contribution is 7.89. The van der Waals surface area contributed by atoms with Crippen molar-refractivity contribution in [2.75, 3.05) is 45.8 Å². The predicted octanol–water partition coefficient (Wildman–Crippen LogP) is 0.201. The Morgan fingerprint density at radius 1 is 1.16 bits per heavy atom. The summed E-state index contributed by atoms with van der Waals surface area (Å²) in [5.74, 6) is 2.48. The molecule has 0 aromatic carbocycles. The first kappa shape index (κ1) is 18.0. The molecule has 1 amide bonds. The molecule has 0 bridgehead atoms. The molecule has 0 N–H and O–H groups in total. The summed E-state index contributed by atoms with van der Waals surface area (Å²) in [5, 5.41) is 0. The van der Waals surface area contributed by atoms with E-state index in [4.69, 9.17) is 6.42 Å². The van der Waals surface area contributed by atoms with Crippen LogP contribution in [0.3, 0.4) is 0 Å². The van der Waals surface area contributed by atoms with Crippen molar-refractivity contribution in [1.29, 1.82) is 0 Å². The fraction of sp³-hybridized carbons (Fsp3) is 0.588. The molecule has 2 fully saturated rings. The molecule has 2 saturated heterocycles. The van der Waals surface area contributed by atoms with E-state index in [1.165, 1.54) is 16.6 Å². The maximum absolute atomic E-state index is 12.8. The van der Waals surface area contributed by atoms with Gasteiger partial charge in [-0.2, -0.15) is 4.31 Å². The lowest BCUT2D eigenvalue weighted by Gasteiger charge is -2.33. The second-order valence-electron chi connectivity index (χ2n) is 6.56. The number of carbonyl (C=O) groups is 1. The zero-order valence-corrected chi connectivity index (χ0v) is 15.3. The van der Waals surface area contributed by atoms with Gasteiger partial charge in [0.25, 0.3) is 5.91 Å². The van der Waals surface area contributed by atoms with Gasteiger partial charge in [0.05, 0.1) is 6.54 Å². The summed E-state index contributed by atoms with van der Waals surface area (Å²) < 4.78 is 28.5. The zero-order chi connectivity index (χ0) is 18.0. The van der Waals surface area contributed by atoms with Crippen LogP contribution < -0.4 is 0 Å². The third kappa shape index (κ3) is 3.59. The first-order valence-electron chi connectivity index (χ1n) is 8.55. The van der Waals surface area contributed by atoms with Gasteiger partial charge >= 0.3 is 0 Å². The number of hydrogen-bond donors (Lipinski definition) is 0. The average Bonchev–Trinajstić information content (AvgIpc) is 3.25. The van der Waals surface area contributed by atoms with Gasteiger partial charge in [-0.05, 0) is 18.9 Å². The summed E-state index contributed by atoms with van der Waals surface area (Å²) in [5.41, 5.74) is 0.406. The Balaban J connectivity index is 1.74. The molecule has 25 heavy (non-hydrogen) atoms. The standard InChI is InChI=1S/C17H24N4O3S/c1-3-6-19-9-11-20(12-10-19)17(22)16-13-15(14-18(16)2)25(23,24)21-7-4-5-8-21/h1,13-14H,4-12H2,2H3. The second-order valence-corrected chi connectivity index (χ2v) is 8.49. The molecule has 3 rings (SSSR count). The van der Waals surface area contributed by atoms with E-state index < -0.39 is 10.0 Å². The van der Waals surface area contributed by atoms with E-state index >= 15 is 0 Å². The number of rotatable bonds is 4. The Hall–Kier alpha value is -1.82. The Morgan fingerprint density at radius 2 is 1.80 bits per heavy atom. The van der Waals surface area contributed by atoms with Crippen molar-refractivity contribution in [2.45, 2.75) is 17.7 Å². The molecule has 7 nitrogen and oxygen atoms in total. The number of hydrogen-bond acceptors (Lipinski definition) is 4. The molecule has 1 aromatic rings. The number of carbonyl (C=O) groups excluding carboxylic acids is 1. The van der Waals surface area contributed by atoms with Crippen molar-refractivity contribution < 1.29 is 13.2 Å². The van der Waals surface area contributed by atoms with Gasteiger partial charge in [0.2, 0.25) is 10.0 Å². The first-order chi connectivity index (χ1) is 11.9. The van der Waals surface area contributed by atoms with E-state index in [1.54, 1.807) is 16.5 Å². The van der Waals surface area contributed by atoms with Crippen LogP contribution in [0.5, 0.6) is 0 Å². The van der Waals surface area contributed by atoms with Crippen LogP contribution in [-0.2, 0) is 17.1 Å². The fourth-order valence-corrected chi connectivity index (χ4v) is 4.95. The van der Waals surface area contributed by atoms with Crippen LogP contribution in [0.15, 0.2) is 17.2 Å². The molecule has 0 spiro atoms. The van der Waals surface area contributed by atoms with Gasteiger partial charge in [-0.3, -0.25) is 9.69 Å². The monoisotopic (exact) mass is 364 g/mol. The molecule has 136 valence electrons. The molecule has 2 aliphatic heterocycles. The minimum absolute atomic E-state index is 0.134. The van der Waals surface area contributed by atoms with E-state index in [0.717, 1.165) is 25.9 Å². The number of sulfonamides is 1. The first-order valence-corrected chi connectivity index (χ1v) is 9.99. The van der Waals surface area contributed by atoms with Gasteiger partial charge in [0.1, 0.15) is 10.6 Å². The van der Waals surface area contributed by atoms with E-state index in [1.807, 2.05) is 0 Å². The summed E-state index contributed by atoms with van der Waals surface area (Å²) in [4.78, 5) is 16.9. The van der Waals surface area contributed by atoms with Crippen LogP contribution in [0.2, 0.25) is 0 Å². The zero-order valence-electron chi connectivity index (χ0n) is 14.5. The molecular weight excluding hydrogens is 340 g/mol. The van der Waals surface area contributed by atoms with Crippen molar-refractivity contribution in [2.24, 2.45) is 7.05 Å². The quantitative estimate of drug-likeness (QED) is 0.716. The maximum atomic E-state index is 12.8. The topological polar surface area (TPSA) is 65.9 Å². The van der Waals surface area contributed by atoms with Crippen LogP contribution in [0, 0.1) is 12.3 Å². The minimum Gasteiger partial charge on any atom is -0.345 e. The smallest absolute Gasteiger partial charge is 0.270 e. The van der Waals surface area contributed by atoms with Crippen LogP contribution in [0.25, 0.3) is 0 Å². The van der Waals surface area contributed by atoms with Crippen molar-refractivity contribution >= 4 is 15.9 Å². The second kappa shape index (κ2) is 7.20. The third-order valence-corrected chi connectivity index (χ3v) is 6.74. The van der Waals surface area contributed by atoms with E-state index in [2.05, 4.69) is 10.8 Å². The van der Waals surface area contributed by atoms with Crippen molar-refractivity contribution in [3.05, 3.63) is 18.0 Å². The van der Waals surface area contributed by atoms with E-state index in [0.29, 0.717) is 38.4 Å². The van der Waals surface area contributed by atoms with Gasteiger partial charge in [0.15, 0.2) is 0 Å². The normalized spacial score (nSPS) is 19.9.